The number of nitrogens with two attached hydrogens (primary N) is 1. The number of allylic oxidation sites excluding steroid dienone is 1. The molecule has 13 heteroatoms. The van der Waals surface area contributed by atoms with E-state index in [1.807, 2.05) is 17.9 Å². The molecular weight excluding hydrogens is 511 g/mol. The van der Waals surface area contributed by atoms with Crippen molar-refractivity contribution in [2.75, 3.05) is 54.5 Å². The third-order valence-corrected chi connectivity index (χ3v) is 7.86. The van der Waals surface area contributed by atoms with E-state index >= 15 is 0 Å². The Labute approximate surface area is 222 Å². The topological polar surface area (TPSA) is 135 Å². The van der Waals surface area contributed by atoms with Crippen LogP contribution in [0, 0.1) is 0 Å². The van der Waals surface area contributed by atoms with Gasteiger partial charge in [-0.3, -0.25) is 9.79 Å². The number of aliphatic imine (C=N–C) groups is 1. The number of pyridine rings is 1. The van der Waals surface area contributed by atoms with Gasteiger partial charge in [0.1, 0.15) is 18.1 Å². The third kappa shape index (κ3) is 5.13. The van der Waals surface area contributed by atoms with Gasteiger partial charge in [-0.2, -0.15) is 4.98 Å². The number of amides is 1. The Bertz CT molecular complexity index is 1400. The summed E-state index contributed by atoms with van der Waals surface area (Å²) in [4.78, 5) is 35.7. The monoisotopic (exact) mass is 540 g/mol. The molecule has 6 heterocycles. The molecule has 6 rings (SSSR count). The Morgan fingerprint density at radius 2 is 1.97 bits per heavy atom. The molecule has 3 aromatic rings. The molecule has 11 nitrogen and oxygen atoms in total. The van der Waals surface area contributed by atoms with Gasteiger partial charge in [-0.25, -0.2) is 14.4 Å². The van der Waals surface area contributed by atoms with E-state index in [-0.39, 0.29) is 5.69 Å². The Morgan fingerprint density at radius 1 is 1.18 bits per heavy atom. The smallest absolute Gasteiger partial charge is 0.277 e. The highest BCUT2D eigenvalue weighted by molar-refractivity contribution is 7.22. The summed E-state index contributed by atoms with van der Waals surface area (Å²) in [5.74, 6) is 0.473. The number of carbonyl (C=O) groups is 1. The largest absolute Gasteiger partial charge is 0.444 e. The number of dihydropyridines is 1. The van der Waals surface area contributed by atoms with Crippen LogP contribution in [0.4, 0.5) is 21.0 Å². The van der Waals surface area contributed by atoms with Crippen LogP contribution in [-0.4, -0.2) is 78.3 Å². The second-order valence-electron chi connectivity index (χ2n) is 9.93. The quantitative estimate of drug-likeness (QED) is 0.500. The predicted octanol–water partition coefficient (Wildman–Crippen LogP) is 3.24. The number of hydrogen-bond acceptors (Lipinski definition) is 11. The number of carbonyl (C=O) groups excluding carboxylic acids is 1. The second-order valence-corrected chi connectivity index (χ2v) is 10.9. The van der Waals surface area contributed by atoms with Crippen molar-refractivity contribution in [3.05, 3.63) is 30.0 Å². The van der Waals surface area contributed by atoms with E-state index < -0.39 is 17.7 Å². The van der Waals surface area contributed by atoms with Gasteiger partial charge in [0.15, 0.2) is 22.3 Å². The molecular formula is C25H29FN8O3S. The zero-order valence-electron chi connectivity index (χ0n) is 21.0. The summed E-state index contributed by atoms with van der Waals surface area (Å²) in [6, 6.07) is 1.89. The number of ether oxygens (including phenoxy) is 1. The molecule has 0 saturated carbocycles. The Hall–Kier alpha value is -3.42. The zero-order chi connectivity index (χ0) is 26.3. The fraction of sp³-hybridized carbons (Fsp3) is 0.480. The molecule has 1 amide bonds. The lowest BCUT2D eigenvalue weighted by Crippen LogP contribution is -2.36. The lowest BCUT2D eigenvalue weighted by atomic mass is 10.0. The van der Waals surface area contributed by atoms with Crippen molar-refractivity contribution in [3.8, 4) is 0 Å². The first-order valence-electron chi connectivity index (χ1n) is 12.7. The van der Waals surface area contributed by atoms with E-state index in [4.69, 9.17) is 24.9 Å². The molecule has 1 atom stereocenters. The summed E-state index contributed by atoms with van der Waals surface area (Å²) >= 11 is 1.52. The van der Waals surface area contributed by atoms with Crippen molar-refractivity contribution >= 4 is 56.0 Å². The number of rotatable bonds is 5. The Morgan fingerprint density at radius 3 is 2.74 bits per heavy atom. The minimum absolute atomic E-state index is 0.133. The van der Waals surface area contributed by atoms with Gasteiger partial charge in [0.2, 0.25) is 5.89 Å². The summed E-state index contributed by atoms with van der Waals surface area (Å²) in [5.41, 5.74) is 7.41. The van der Waals surface area contributed by atoms with Crippen molar-refractivity contribution < 1.29 is 18.3 Å². The second kappa shape index (κ2) is 10.0. The highest BCUT2D eigenvalue weighted by atomic mass is 32.1. The first-order chi connectivity index (χ1) is 18.3. The van der Waals surface area contributed by atoms with Crippen LogP contribution in [0.25, 0.3) is 15.9 Å². The molecule has 3 aromatic heterocycles. The fourth-order valence-corrected chi connectivity index (χ4v) is 5.77. The first kappa shape index (κ1) is 24.9. The van der Waals surface area contributed by atoms with E-state index in [2.05, 4.69) is 20.2 Å². The van der Waals surface area contributed by atoms with Gasteiger partial charge in [-0.15, -0.1) is 0 Å². The van der Waals surface area contributed by atoms with E-state index in [0.29, 0.717) is 68.6 Å². The average Bonchev–Trinajstić information content (AvgIpc) is 3.56. The molecule has 1 unspecified atom stereocenters. The first-order valence-corrected chi connectivity index (χ1v) is 13.5. The standard InChI is InChI=1S/C25H29FN8O3S/c1-25(27)13-15(2-5-28-25)23-30-18(14-37-23)22(35)29-17-12-19-20(31-21(17)33-6-3-16(26)4-7-33)32-24(38-19)34-8-10-36-11-9-34/h2,5,12,14,16H,3-4,6-11,13,27H2,1H3,(H,29,35). The molecule has 3 N–H and O–H groups in total. The number of nitrogens with one attached hydrogen (secondary N) is 1. The molecule has 38 heavy (non-hydrogen) atoms. The number of halogens is 1. The Kier molecular flexibility index (Phi) is 6.58. The highest BCUT2D eigenvalue weighted by Gasteiger charge is 2.27. The van der Waals surface area contributed by atoms with Crippen molar-refractivity contribution in [2.24, 2.45) is 10.7 Å². The third-order valence-electron chi connectivity index (χ3n) is 6.81. The lowest BCUT2D eigenvalue weighted by molar-refractivity contribution is 0.102. The number of piperidine rings is 1. The van der Waals surface area contributed by atoms with Crippen molar-refractivity contribution in [1.29, 1.82) is 0 Å². The average molecular weight is 541 g/mol. The lowest BCUT2D eigenvalue weighted by Gasteiger charge is -2.30. The van der Waals surface area contributed by atoms with Crippen molar-refractivity contribution in [1.82, 2.24) is 15.0 Å². The molecule has 0 radical (unpaired) electrons. The maximum absolute atomic E-state index is 13.9. The van der Waals surface area contributed by atoms with Gasteiger partial charge >= 0.3 is 0 Å². The zero-order valence-corrected chi connectivity index (χ0v) is 21.8. The van der Waals surface area contributed by atoms with Gasteiger partial charge in [-0.1, -0.05) is 11.3 Å². The molecule has 200 valence electrons. The van der Waals surface area contributed by atoms with Gasteiger partial charge in [0, 0.05) is 44.4 Å². The van der Waals surface area contributed by atoms with Crippen LogP contribution in [0.5, 0.6) is 0 Å². The number of fused-ring (bicyclic) bond motifs is 1. The van der Waals surface area contributed by atoms with Crippen LogP contribution in [0.2, 0.25) is 0 Å². The van der Waals surface area contributed by atoms with Crippen molar-refractivity contribution in [2.45, 2.75) is 38.0 Å². The van der Waals surface area contributed by atoms with E-state index in [9.17, 15) is 9.18 Å². The van der Waals surface area contributed by atoms with Gasteiger partial charge < -0.3 is 30.0 Å². The van der Waals surface area contributed by atoms with Crippen LogP contribution >= 0.6 is 11.3 Å². The molecule has 2 fully saturated rings. The highest BCUT2D eigenvalue weighted by Crippen LogP contribution is 2.36. The number of aromatic nitrogens is 3. The van der Waals surface area contributed by atoms with E-state index in [1.165, 1.54) is 17.6 Å². The van der Waals surface area contributed by atoms with Gasteiger partial charge in [-0.05, 0) is 31.9 Å². The maximum Gasteiger partial charge on any atom is 0.277 e. The number of hydrogen-bond donors (Lipinski definition) is 2. The number of morpholine rings is 1. The van der Waals surface area contributed by atoms with Gasteiger partial charge in [0.25, 0.3) is 5.91 Å². The van der Waals surface area contributed by atoms with E-state index in [0.717, 1.165) is 28.5 Å². The summed E-state index contributed by atoms with van der Waals surface area (Å²) < 4.78 is 25.8. The molecule has 0 aliphatic carbocycles. The molecule has 0 spiro atoms. The van der Waals surface area contributed by atoms with Crippen LogP contribution in [0.1, 0.15) is 42.6 Å². The summed E-state index contributed by atoms with van der Waals surface area (Å²) in [6.07, 6.45) is 5.16. The van der Waals surface area contributed by atoms with Crippen LogP contribution in [0.3, 0.4) is 0 Å². The number of nitrogens with zero attached hydrogens (tertiary/aromatic N) is 6. The molecule has 0 bridgehead atoms. The maximum atomic E-state index is 13.9. The normalized spacial score (nSPS) is 22.7. The van der Waals surface area contributed by atoms with E-state index in [1.54, 1.807) is 12.3 Å². The Balaban J connectivity index is 1.29. The minimum Gasteiger partial charge on any atom is -0.444 e. The number of oxazole rings is 1. The molecule has 3 aliphatic heterocycles. The van der Waals surface area contributed by atoms with Gasteiger partial charge in [0.05, 0.1) is 23.6 Å². The molecule has 3 aliphatic rings. The predicted molar refractivity (Wildman–Crippen MR) is 145 cm³/mol. The fourth-order valence-electron chi connectivity index (χ4n) is 4.77. The number of alkyl halides is 1. The minimum atomic E-state index is -0.830. The number of anilines is 3. The van der Waals surface area contributed by atoms with Crippen LogP contribution in [-0.2, 0) is 4.74 Å². The SMILES string of the molecule is CC1(N)CC(c2nc(C(=O)Nc3cc4sc(N5CCOCC5)nc4nc3N3CCC(F)CC3)co2)=CC=N1. The summed E-state index contributed by atoms with van der Waals surface area (Å²) in [6.45, 7) is 5.66. The number of thiazole rings is 1. The molecule has 2 saturated heterocycles. The summed E-state index contributed by atoms with van der Waals surface area (Å²) in [5, 5.41) is 3.83. The molecule has 0 aromatic carbocycles. The van der Waals surface area contributed by atoms with Crippen molar-refractivity contribution in [3.63, 3.8) is 0 Å². The van der Waals surface area contributed by atoms with Crippen LogP contribution < -0.4 is 20.9 Å². The van der Waals surface area contributed by atoms with Crippen LogP contribution in [0.15, 0.2) is 27.8 Å². The summed E-state index contributed by atoms with van der Waals surface area (Å²) in [7, 11) is 0.